The van der Waals surface area contributed by atoms with Crippen molar-refractivity contribution < 1.29 is 0 Å². The van der Waals surface area contributed by atoms with E-state index in [0.717, 1.165) is 42.7 Å². The predicted octanol–water partition coefficient (Wildman–Crippen LogP) is 2.16. The first-order valence-corrected chi connectivity index (χ1v) is 6.25. The quantitative estimate of drug-likeness (QED) is 0.877. The van der Waals surface area contributed by atoms with Gasteiger partial charge in [0.25, 0.3) is 0 Å². The Labute approximate surface area is 107 Å². The molecule has 2 rings (SSSR count). The molecule has 2 aromatic heterocycles. The molecule has 0 aromatic carbocycles. The molecule has 0 bridgehead atoms. The number of rotatable bonds is 5. The van der Waals surface area contributed by atoms with Crippen molar-refractivity contribution >= 4 is 5.95 Å². The molecule has 0 saturated carbocycles. The third-order valence-electron chi connectivity index (χ3n) is 2.60. The van der Waals surface area contributed by atoms with E-state index in [0.29, 0.717) is 0 Å². The third-order valence-corrected chi connectivity index (χ3v) is 2.60. The highest BCUT2D eigenvalue weighted by Crippen LogP contribution is 2.11. The maximum Gasteiger partial charge on any atom is 0.203 e. The van der Waals surface area contributed by atoms with E-state index < -0.39 is 0 Å². The van der Waals surface area contributed by atoms with Gasteiger partial charge in [0.05, 0.1) is 17.9 Å². The van der Waals surface area contributed by atoms with E-state index in [1.807, 2.05) is 26.1 Å². The number of imidazole rings is 1. The molecule has 0 amide bonds. The summed E-state index contributed by atoms with van der Waals surface area (Å²) in [6.07, 6.45) is 4.91. The van der Waals surface area contributed by atoms with Crippen LogP contribution in [0.2, 0.25) is 0 Å². The summed E-state index contributed by atoms with van der Waals surface area (Å²) in [6.45, 7) is 7.69. The highest BCUT2D eigenvalue weighted by Gasteiger charge is 2.06. The van der Waals surface area contributed by atoms with Gasteiger partial charge < -0.3 is 9.88 Å². The van der Waals surface area contributed by atoms with Gasteiger partial charge in [0.2, 0.25) is 5.95 Å². The zero-order valence-electron chi connectivity index (χ0n) is 11.1. The van der Waals surface area contributed by atoms with E-state index in [-0.39, 0.29) is 0 Å². The zero-order chi connectivity index (χ0) is 13.0. The van der Waals surface area contributed by atoms with Gasteiger partial charge in [0.1, 0.15) is 5.82 Å². The molecule has 18 heavy (non-hydrogen) atoms. The third kappa shape index (κ3) is 3.06. The Morgan fingerprint density at radius 2 is 2.11 bits per heavy atom. The van der Waals surface area contributed by atoms with E-state index in [2.05, 4.69) is 31.8 Å². The SMILES string of the molecule is CCCNc1nc(C)cn1Cc1ccnc(C)n1. The molecule has 2 aromatic rings. The summed E-state index contributed by atoms with van der Waals surface area (Å²) in [5.74, 6) is 1.71. The fraction of sp³-hybridized carbons (Fsp3) is 0.462. The highest BCUT2D eigenvalue weighted by atomic mass is 15.2. The number of hydrogen-bond acceptors (Lipinski definition) is 4. The molecule has 2 heterocycles. The summed E-state index contributed by atoms with van der Waals surface area (Å²) in [5.41, 5.74) is 2.01. The van der Waals surface area contributed by atoms with E-state index in [4.69, 9.17) is 0 Å². The summed E-state index contributed by atoms with van der Waals surface area (Å²) < 4.78 is 2.09. The number of hydrogen-bond donors (Lipinski definition) is 1. The van der Waals surface area contributed by atoms with Crippen molar-refractivity contribution in [3.05, 3.63) is 35.7 Å². The van der Waals surface area contributed by atoms with Crippen LogP contribution in [0.1, 0.15) is 30.6 Å². The largest absolute Gasteiger partial charge is 0.356 e. The van der Waals surface area contributed by atoms with Crippen LogP contribution in [-0.4, -0.2) is 26.1 Å². The minimum absolute atomic E-state index is 0.718. The molecule has 5 heteroatoms. The predicted molar refractivity (Wildman–Crippen MR) is 71.6 cm³/mol. The lowest BCUT2D eigenvalue weighted by Crippen LogP contribution is -2.09. The van der Waals surface area contributed by atoms with Gasteiger partial charge in [-0.25, -0.2) is 15.0 Å². The van der Waals surface area contributed by atoms with E-state index in [1.165, 1.54) is 0 Å². The lowest BCUT2D eigenvalue weighted by molar-refractivity contribution is 0.761. The van der Waals surface area contributed by atoms with E-state index in [1.54, 1.807) is 6.20 Å². The first-order chi connectivity index (χ1) is 8.69. The summed E-state index contributed by atoms with van der Waals surface area (Å²) >= 11 is 0. The van der Waals surface area contributed by atoms with Crippen molar-refractivity contribution in [2.24, 2.45) is 0 Å². The van der Waals surface area contributed by atoms with Crippen LogP contribution >= 0.6 is 0 Å². The minimum atomic E-state index is 0.718. The Bertz CT molecular complexity index is 518. The Balaban J connectivity index is 2.17. The van der Waals surface area contributed by atoms with Crippen LogP contribution in [0.3, 0.4) is 0 Å². The second-order valence-corrected chi connectivity index (χ2v) is 4.36. The first kappa shape index (κ1) is 12.5. The number of anilines is 1. The molecule has 5 nitrogen and oxygen atoms in total. The van der Waals surface area contributed by atoms with Crippen LogP contribution in [0.15, 0.2) is 18.5 Å². The van der Waals surface area contributed by atoms with Crippen molar-refractivity contribution in [1.82, 2.24) is 19.5 Å². The number of aromatic nitrogens is 4. The topological polar surface area (TPSA) is 55.6 Å². The molecule has 0 aliphatic heterocycles. The molecule has 0 aliphatic carbocycles. The van der Waals surface area contributed by atoms with Gasteiger partial charge >= 0.3 is 0 Å². The smallest absolute Gasteiger partial charge is 0.203 e. The molecular weight excluding hydrogens is 226 g/mol. The highest BCUT2D eigenvalue weighted by molar-refractivity contribution is 5.29. The maximum absolute atomic E-state index is 4.48. The standard InChI is InChI=1S/C13H19N5/c1-4-6-15-13-16-10(2)8-18(13)9-12-5-7-14-11(3)17-12/h5,7-8H,4,6,9H2,1-3H3,(H,15,16). The van der Waals surface area contributed by atoms with Gasteiger partial charge in [-0.2, -0.15) is 0 Å². The van der Waals surface area contributed by atoms with Gasteiger partial charge in [0, 0.05) is 18.9 Å². The number of aryl methyl sites for hydroxylation is 2. The molecule has 0 radical (unpaired) electrons. The minimum Gasteiger partial charge on any atom is -0.356 e. The van der Waals surface area contributed by atoms with Gasteiger partial charge in [0.15, 0.2) is 0 Å². The van der Waals surface area contributed by atoms with Crippen LogP contribution in [0.25, 0.3) is 0 Å². The average molecular weight is 245 g/mol. The lowest BCUT2D eigenvalue weighted by atomic mass is 10.4. The summed E-state index contributed by atoms with van der Waals surface area (Å²) in [4.78, 5) is 13.0. The number of nitrogens with one attached hydrogen (secondary N) is 1. The zero-order valence-corrected chi connectivity index (χ0v) is 11.1. The molecule has 0 atom stereocenters. The Kier molecular flexibility index (Phi) is 3.92. The monoisotopic (exact) mass is 245 g/mol. The maximum atomic E-state index is 4.48. The van der Waals surface area contributed by atoms with Crippen molar-refractivity contribution in [3.8, 4) is 0 Å². The molecule has 1 N–H and O–H groups in total. The van der Waals surface area contributed by atoms with Crippen LogP contribution in [0, 0.1) is 13.8 Å². The van der Waals surface area contributed by atoms with Crippen LogP contribution in [0.5, 0.6) is 0 Å². The average Bonchev–Trinajstić information content (AvgIpc) is 2.67. The summed E-state index contributed by atoms with van der Waals surface area (Å²) in [6, 6.07) is 1.94. The molecule has 0 spiro atoms. The molecule has 96 valence electrons. The summed E-state index contributed by atoms with van der Waals surface area (Å²) in [5, 5.41) is 3.33. The van der Waals surface area contributed by atoms with Crippen molar-refractivity contribution in [3.63, 3.8) is 0 Å². The lowest BCUT2D eigenvalue weighted by Gasteiger charge is -2.08. The fourth-order valence-electron chi connectivity index (χ4n) is 1.81. The second kappa shape index (κ2) is 5.62. The molecule has 0 saturated heterocycles. The van der Waals surface area contributed by atoms with Crippen LogP contribution in [0.4, 0.5) is 5.95 Å². The molecule has 0 aliphatic rings. The van der Waals surface area contributed by atoms with Gasteiger partial charge in [-0.1, -0.05) is 6.92 Å². The van der Waals surface area contributed by atoms with Crippen LogP contribution in [-0.2, 0) is 6.54 Å². The van der Waals surface area contributed by atoms with Gasteiger partial charge in [-0.15, -0.1) is 0 Å². The number of nitrogens with zero attached hydrogens (tertiary/aromatic N) is 4. The van der Waals surface area contributed by atoms with Crippen LogP contribution < -0.4 is 5.32 Å². The first-order valence-electron chi connectivity index (χ1n) is 6.25. The van der Waals surface area contributed by atoms with Gasteiger partial charge in [-0.05, 0) is 26.3 Å². The summed E-state index contributed by atoms with van der Waals surface area (Å²) in [7, 11) is 0. The molecular formula is C13H19N5. The van der Waals surface area contributed by atoms with E-state index >= 15 is 0 Å². The van der Waals surface area contributed by atoms with E-state index in [9.17, 15) is 0 Å². The van der Waals surface area contributed by atoms with Gasteiger partial charge in [-0.3, -0.25) is 0 Å². The molecule has 0 unspecified atom stereocenters. The Morgan fingerprint density at radius 3 is 2.83 bits per heavy atom. The molecule has 0 fully saturated rings. The second-order valence-electron chi connectivity index (χ2n) is 4.36. The van der Waals surface area contributed by atoms with Crippen molar-refractivity contribution in [2.45, 2.75) is 33.7 Å². The Morgan fingerprint density at radius 1 is 1.28 bits per heavy atom. The fourth-order valence-corrected chi connectivity index (χ4v) is 1.81. The van der Waals surface area contributed by atoms with Crippen molar-refractivity contribution in [1.29, 1.82) is 0 Å². The normalized spacial score (nSPS) is 10.6. The van der Waals surface area contributed by atoms with Crippen molar-refractivity contribution in [2.75, 3.05) is 11.9 Å². The Hall–Kier alpha value is -1.91.